The summed E-state index contributed by atoms with van der Waals surface area (Å²) in [5.41, 5.74) is 2.75. The Kier molecular flexibility index (Phi) is 5.92. The van der Waals surface area contributed by atoms with Crippen LogP contribution in [0.25, 0.3) is 21.8 Å². The fraction of sp³-hybridized carbons (Fsp3) is 0.152. The highest BCUT2D eigenvalue weighted by atomic mass is 19.1. The molecule has 1 atom stereocenters. The van der Waals surface area contributed by atoms with Crippen molar-refractivity contribution in [1.82, 2.24) is 9.88 Å². The third kappa shape index (κ3) is 4.00. The van der Waals surface area contributed by atoms with E-state index < -0.39 is 34.8 Å². The van der Waals surface area contributed by atoms with Crippen molar-refractivity contribution in [2.24, 2.45) is 0 Å². The van der Waals surface area contributed by atoms with Crippen LogP contribution >= 0.6 is 0 Å². The lowest BCUT2D eigenvalue weighted by atomic mass is 9.83. The third-order valence-electron chi connectivity index (χ3n) is 7.76. The fourth-order valence-corrected chi connectivity index (χ4v) is 5.43. The summed E-state index contributed by atoms with van der Waals surface area (Å²) in [6.45, 7) is 3.76. The molecular formula is C33H25F2N3O2. The first-order chi connectivity index (χ1) is 19.2. The Labute approximate surface area is 230 Å². The SMILES string of the molecule is Cc1cc([C@]2(C)CC(=O)N(c3c(F)cc(C#Cc4ccccc4)cc3F)C(=O)N2C)cc2c1[nH]c1ccccc12. The molecule has 1 fully saturated rings. The maximum Gasteiger partial charge on any atom is 0.332 e. The van der Waals surface area contributed by atoms with Gasteiger partial charge >= 0.3 is 6.03 Å². The van der Waals surface area contributed by atoms with Crippen LogP contribution in [0.2, 0.25) is 0 Å². The highest BCUT2D eigenvalue weighted by Gasteiger charge is 2.48. The molecule has 40 heavy (non-hydrogen) atoms. The minimum absolute atomic E-state index is 0.0974. The van der Waals surface area contributed by atoms with Crippen molar-refractivity contribution >= 4 is 39.4 Å². The lowest BCUT2D eigenvalue weighted by Crippen LogP contribution is -2.60. The number of benzene rings is 4. The van der Waals surface area contributed by atoms with Crippen LogP contribution in [0.5, 0.6) is 0 Å². The molecule has 1 aliphatic heterocycles. The topological polar surface area (TPSA) is 56.4 Å². The summed E-state index contributed by atoms with van der Waals surface area (Å²) in [6, 6.07) is 22.2. The van der Waals surface area contributed by atoms with E-state index in [1.54, 1.807) is 26.1 Å². The van der Waals surface area contributed by atoms with E-state index >= 15 is 8.78 Å². The zero-order chi connectivity index (χ0) is 28.2. The number of fused-ring (bicyclic) bond motifs is 3. The van der Waals surface area contributed by atoms with E-state index in [0.717, 1.165) is 45.1 Å². The Morgan fingerprint density at radius 2 is 1.50 bits per heavy atom. The number of halogens is 2. The highest BCUT2D eigenvalue weighted by molar-refractivity contribution is 6.17. The number of aromatic amines is 1. The van der Waals surface area contributed by atoms with Crippen LogP contribution in [0.4, 0.5) is 19.3 Å². The Morgan fingerprint density at radius 1 is 0.850 bits per heavy atom. The molecule has 0 unspecified atom stereocenters. The second-order valence-corrected chi connectivity index (χ2v) is 10.3. The summed E-state index contributed by atoms with van der Waals surface area (Å²) in [7, 11) is 1.55. The van der Waals surface area contributed by atoms with Gasteiger partial charge in [-0.3, -0.25) is 4.79 Å². The molecular weight excluding hydrogens is 508 g/mol. The van der Waals surface area contributed by atoms with Crippen molar-refractivity contribution in [3.05, 3.63) is 113 Å². The first kappa shape index (κ1) is 25.3. The van der Waals surface area contributed by atoms with Gasteiger partial charge in [0.1, 0.15) is 5.69 Å². The molecule has 0 bridgehead atoms. The summed E-state index contributed by atoms with van der Waals surface area (Å²) >= 11 is 0. The third-order valence-corrected chi connectivity index (χ3v) is 7.76. The normalized spacial score (nSPS) is 17.4. The number of urea groups is 1. The van der Waals surface area contributed by atoms with E-state index in [2.05, 4.69) is 16.8 Å². The zero-order valence-corrected chi connectivity index (χ0v) is 22.2. The number of rotatable bonds is 2. The van der Waals surface area contributed by atoms with Gasteiger partial charge in [-0.05, 0) is 61.4 Å². The Balaban J connectivity index is 1.36. The lowest BCUT2D eigenvalue weighted by Gasteiger charge is -2.46. The minimum Gasteiger partial charge on any atom is -0.354 e. The largest absolute Gasteiger partial charge is 0.354 e. The molecule has 7 heteroatoms. The number of nitrogens with zero attached hydrogens (tertiary/aromatic N) is 2. The molecule has 1 aromatic heterocycles. The Hall–Kier alpha value is -4.96. The predicted molar refractivity (Wildman–Crippen MR) is 152 cm³/mol. The van der Waals surface area contributed by atoms with Gasteiger partial charge in [-0.2, -0.15) is 0 Å². The quantitative estimate of drug-likeness (QED) is 0.248. The van der Waals surface area contributed by atoms with Crippen LogP contribution in [0, 0.1) is 30.4 Å². The molecule has 198 valence electrons. The van der Waals surface area contributed by atoms with Crippen molar-refractivity contribution in [2.75, 3.05) is 11.9 Å². The number of aryl methyl sites for hydroxylation is 1. The lowest BCUT2D eigenvalue weighted by molar-refractivity contribution is -0.122. The molecule has 1 saturated heterocycles. The van der Waals surface area contributed by atoms with Gasteiger partial charge in [0.2, 0.25) is 5.91 Å². The molecule has 0 aliphatic carbocycles. The molecule has 1 N–H and O–H groups in total. The number of hydrogen-bond donors (Lipinski definition) is 1. The molecule has 0 spiro atoms. The smallest absolute Gasteiger partial charge is 0.332 e. The van der Waals surface area contributed by atoms with Gasteiger partial charge in [0.15, 0.2) is 11.6 Å². The van der Waals surface area contributed by atoms with E-state index in [-0.39, 0.29) is 12.0 Å². The second kappa shape index (κ2) is 9.35. The average Bonchev–Trinajstić information content (AvgIpc) is 3.32. The van der Waals surface area contributed by atoms with E-state index in [9.17, 15) is 9.59 Å². The summed E-state index contributed by atoms with van der Waals surface area (Å²) in [5, 5.41) is 2.01. The maximum atomic E-state index is 15.3. The van der Waals surface area contributed by atoms with Crippen molar-refractivity contribution in [1.29, 1.82) is 0 Å². The van der Waals surface area contributed by atoms with Gasteiger partial charge in [-0.25, -0.2) is 18.5 Å². The monoisotopic (exact) mass is 533 g/mol. The minimum atomic E-state index is -1.04. The van der Waals surface area contributed by atoms with Crippen LogP contribution in [0.15, 0.2) is 78.9 Å². The Bertz CT molecular complexity index is 1880. The van der Waals surface area contributed by atoms with Crippen LogP contribution < -0.4 is 4.90 Å². The molecule has 0 saturated carbocycles. The molecule has 1 aliphatic rings. The van der Waals surface area contributed by atoms with E-state index in [1.807, 2.05) is 61.5 Å². The number of nitrogens with one attached hydrogen (secondary N) is 1. The number of anilines is 1. The number of H-pyrrole nitrogens is 1. The number of hydrogen-bond acceptors (Lipinski definition) is 2. The van der Waals surface area contributed by atoms with E-state index in [0.29, 0.717) is 10.5 Å². The summed E-state index contributed by atoms with van der Waals surface area (Å²) in [6.07, 6.45) is -0.156. The predicted octanol–water partition coefficient (Wildman–Crippen LogP) is 7.01. The van der Waals surface area contributed by atoms with Crippen molar-refractivity contribution in [2.45, 2.75) is 25.8 Å². The molecule has 3 amide bonds. The zero-order valence-electron chi connectivity index (χ0n) is 22.2. The molecule has 0 radical (unpaired) electrons. The van der Waals surface area contributed by atoms with E-state index in [4.69, 9.17) is 0 Å². The van der Waals surface area contributed by atoms with Crippen LogP contribution in [0.3, 0.4) is 0 Å². The van der Waals surface area contributed by atoms with E-state index in [1.165, 1.54) is 4.90 Å². The van der Waals surface area contributed by atoms with Gasteiger partial charge in [-0.15, -0.1) is 0 Å². The van der Waals surface area contributed by atoms with Crippen LogP contribution in [-0.2, 0) is 10.3 Å². The summed E-state index contributed by atoms with van der Waals surface area (Å²) in [5.74, 6) is 2.83. The number of carbonyl (C=O) groups excluding carboxylic acids is 2. The highest BCUT2D eigenvalue weighted by Crippen LogP contribution is 2.41. The van der Waals surface area contributed by atoms with Crippen LogP contribution in [0.1, 0.15) is 35.6 Å². The fourth-order valence-electron chi connectivity index (χ4n) is 5.43. The maximum absolute atomic E-state index is 15.3. The summed E-state index contributed by atoms with van der Waals surface area (Å²) in [4.78, 5) is 32.5. The van der Waals surface area contributed by atoms with Crippen molar-refractivity contribution < 1.29 is 18.4 Å². The number of aromatic nitrogens is 1. The average molecular weight is 534 g/mol. The first-order valence-electron chi connectivity index (χ1n) is 12.9. The number of amides is 3. The van der Waals surface area contributed by atoms with Gasteiger partial charge in [-0.1, -0.05) is 54.3 Å². The number of para-hydroxylation sites is 1. The van der Waals surface area contributed by atoms with Gasteiger partial charge in [0.25, 0.3) is 0 Å². The first-order valence-corrected chi connectivity index (χ1v) is 12.9. The molecule has 4 aromatic carbocycles. The molecule has 5 nitrogen and oxygen atoms in total. The second-order valence-electron chi connectivity index (χ2n) is 10.3. The van der Waals surface area contributed by atoms with Crippen LogP contribution in [-0.4, -0.2) is 28.9 Å². The van der Waals surface area contributed by atoms with Crippen molar-refractivity contribution in [3.8, 4) is 11.8 Å². The molecule has 5 aromatic rings. The number of imide groups is 1. The molecule has 6 rings (SSSR count). The van der Waals surface area contributed by atoms with Crippen molar-refractivity contribution in [3.63, 3.8) is 0 Å². The standard InChI is InChI=1S/C33H25F2N3O2/c1-20-15-23(18-25-24-11-7-8-12-28(24)36-30(20)25)33(2)19-29(39)38(32(40)37(33)3)31-26(34)16-22(17-27(31)35)14-13-21-9-5-4-6-10-21/h4-12,15-18,36H,19H2,1-3H3/t33-/m0/s1. The van der Waals surface area contributed by atoms with Gasteiger partial charge in [0, 0.05) is 40.0 Å². The number of carbonyl (C=O) groups is 2. The molecule has 2 heterocycles. The Morgan fingerprint density at radius 3 is 2.23 bits per heavy atom. The summed E-state index contributed by atoms with van der Waals surface area (Å²) < 4.78 is 30.5. The van der Waals surface area contributed by atoms with Gasteiger partial charge < -0.3 is 9.88 Å². The van der Waals surface area contributed by atoms with Gasteiger partial charge in [0.05, 0.1) is 12.0 Å².